The maximum Gasteiger partial charge on any atom is 0.204 e. The molecule has 0 aromatic heterocycles. The Bertz CT molecular complexity index is 6170. The van der Waals surface area contributed by atoms with E-state index in [0.717, 1.165) is 73.0 Å². The molecular weight excluding hydrogens is 1610 g/mol. The molecule has 612 valence electrons. The molecule has 5 N–H and O–H groups in total. The number of carbonyl (C=O) groups excluding carboxylic acids is 5. The van der Waals surface area contributed by atoms with E-state index in [1.165, 1.54) is 0 Å². The van der Waals surface area contributed by atoms with Crippen LogP contribution in [0.2, 0.25) is 20.1 Å². The molecule has 121 heavy (non-hydrogen) atoms. The average molecular weight is 1700 g/mol. The summed E-state index contributed by atoms with van der Waals surface area (Å²) in [6.07, 6.45) is 1.58. The summed E-state index contributed by atoms with van der Waals surface area (Å²) in [6, 6.07) is 59.1. The van der Waals surface area contributed by atoms with Gasteiger partial charge in [-0.2, -0.15) is 5.26 Å². The normalized spacial score (nSPS) is 22.0. The Balaban J connectivity index is 0.000000112. The van der Waals surface area contributed by atoms with E-state index in [-0.39, 0.29) is 35.3 Å². The van der Waals surface area contributed by atoms with Crippen molar-refractivity contribution in [3.63, 3.8) is 0 Å². The number of methoxy groups -OCH3 is 1. The number of ether oxygens (including phenoxy) is 1. The largest absolute Gasteiger partial charge is 0.497 e. The van der Waals surface area contributed by atoms with Crippen molar-refractivity contribution in [2.45, 2.75) is 115 Å². The molecule has 0 aliphatic carbocycles. The van der Waals surface area contributed by atoms with E-state index >= 15 is 0 Å². The number of ketones is 5. The lowest BCUT2D eigenvalue weighted by Crippen LogP contribution is -2.48. The molecule has 0 radical (unpaired) electrons. The van der Waals surface area contributed by atoms with Gasteiger partial charge in [-0.15, -0.1) is 0 Å². The van der Waals surface area contributed by atoms with Gasteiger partial charge in [0.15, 0.2) is 28.0 Å². The van der Waals surface area contributed by atoms with E-state index < -0.39 is 28.0 Å². The van der Waals surface area contributed by atoms with Crippen LogP contribution in [0, 0.1) is 66.7 Å². The van der Waals surface area contributed by atoms with Crippen molar-refractivity contribution in [2.24, 2.45) is 25.0 Å². The lowest BCUT2D eigenvalue weighted by Gasteiger charge is -2.30. The number of fused-ring (bicyclic) bond motifs is 10. The third-order valence-corrected chi connectivity index (χ3v) is 25.3. The van der Waals surface area contributed by atoms with Crippen LogP contribution < -0.4 is 29.2 Å². The van der Waals surface area contributed by atoms with Gasteiger partial charge in [-0.05, 0) is 229 Å². The predicted molar refractivity (Wildman–Crippen MR) is 475 cm³/mol. The topological polar surface area (TPSA) is 298 Å². The highest BCUT2D eigenvalue weighted by Crippen LogP contribution is 2.47. The van der Waals surface area contributed by atoms with E-state index in [0.29, 0.717) is 175 Å². The van der Waals surface area contributed by atoms with Crippen LogP contribution in [0.3, 0.4) is 0 Å². The van der Waals surface area contributed by atoms with Gasteiger partial charge in [0, 0.05) is 136 Å². The number of Topliss-reactive ketones (excluding diaryl/α,β-unsaturated/α-hetero) is 5. The van der Waals surface area contributed by atoms with Crippen molar-refractivity contribution in [1.82, 2.24) is 0 Å². The maximum atomic E-state index is 12.9. The minimum atomic E-state index is -1.62. The Morgan fingerprint density at radius 1 is 0.331 bits per heavy atom. The molecule has 10 aromatic rings. The van der Waals surface area contributed by atoms with E-state index in [4.69, 9.17) is 56.4 Å². The van der Waals surface area contributed by atoms with Crippen LogP contribution in [0.1, 0.15) is 134 Å². The number of anilines is 5. The molecule has 0 bridgehead atoms. The molecule has 10 aliphatic heterocycles. The highest BCUT2D eigenvalue weighted by Gasteiger charge is 2.57. The van der Waals surface area contributed by atoms with Gasteiger partial charge in [0.05, 0.1) is 46.1 Å². The molecule has 0 spiro atoms. The summed E-state index contributed by atoms with van der Waals surface area (Å²) in [5.41, 5.74) is 10.0. The van der Waals surface area contributed by atoms with Crippen molar-refractivity contribution in [2.75, 3.05) is 64.3 Å². The minimum Gasteiger partial charge on any atom is -0.497 e. The van der Waals surface area contributed by atoms with Gasteiger partial charge >= 0.3 is 0 Å². The summed E-state index contributed by atoms with van der Waals surface area (Å²) in [6.45, 7) is 18.1. The first kappa shape index (κ1) is 82.8. The monoisotopic (exact) mass is 1690 g/mol. The lowest BCUT2D eigenvalue weighted by atomic mass is 9.86. The third kappa shape index (κ3) is 14.6. The van der Waals surface area contributed by atoms with Crippen LogP contribution in [-0.4, -0.2) is 151 Å². The number of rotatable bonds is 6. The first-order valence-electron chi connectivity index (χ1n) is 39.5. The number of aliphatic imine (C=N–C) groups is 5. The van der Waals surface area contributed by atoms with Gasteiger partial charge in [-0.1, -0.05) is 105 Å². The molecule has 0 saturated carbocycles. The standard InChI is InChI=1S/C19H14ClN3O2.3C19H17ClN2O2.C19H18N2O3/c1-11-2-5-16-14(8-11)17(24)19(25)6-7-23(18(19)22-16)13-4-3-12(10-21)15(20)9-13;1-11-3-6-16-14(9-11)17(23)19(24)7-8-22(18(19)21-16)13-4-5-15(20)12(2)10-13;1-11-3-6-16-14(9-11)17(23)19(24)7-8-22(18(19)21-16)13-5-4-12(2)15(20)10-13;1-11-8-15-16(9-12(11)2)21-18-19(24,17(15)23)6-7-22(18)14-5-3-4-13(20)10-14;1-12-3-8-16-15(11-12)17(22)19(23)9-10-21(18(19)20-16)13-4-6-14(24-2)7-5-13/h2-5,8-9,25H,6-7H2,1H3;2*3-6,9-10,24H,7-8H2,1-2H3;3-5,8-10,24H,6-7H2,1-2H3;3-8,11,23H,9-10H2,1-2H3/t5*19-/m11111/s1. The Labute approximate surface area is 718 Å². The molecule has 10 aromatic carbocycles. The van der Waals surface area contributed by atoms with Crippen molar-refractivity contribution >= 4 is 161 Å². The number of aryl methyl sites for hydroxylation is 8. The minimum absolute atomic E-state index is 0.260. The number of aliphatic hydroxyl groups is 5. The molecule has 5 fully saturated rings. The highest BCUT2D eigenvalue weighted by molar-refractivity contribution is 6.36. The fourth-order valence-corrected chi connectivity index (χ4v) is 17.6. The van der Waals surface area contributed by atoms with E-state index in [2.05, 4.69) is 25.0 Å². The average Bonchev–Trinajstić information content (AvgIpc) is 1.66. The molecule has 5 saturated heterocycles. The van der Waals surface area contributed by atoms with Gasteiger partial charge < -0.3 is 54.8 Å². The van der Waals surface area contributed by atoms with Gasteiger partial charge in [-0.25, -0.2) is 25.0 Å². The zero-order chi connectivity index (χ0) is 85.8. The maximum absolute atomic E-state index is 12.9. The second-order valence-electron chi connectivity index (χ2n) is 32.0. The fraction of sp³-hybridized carbons (Fsp3) is 0.253. The zero-order valence-electron chi connectivity index (χ0n) is 67.6. The molecular formula is C95H83Cl4N11O11. The highest BCUT2D eigenvalue weighted by atomic mass is 35.5. The van der Waals surface area contributed by atoms with Gasteiger partial charge in [0.1, 0.15) is 41.0 Å². The van der Waals surface area contributed by atoms with Gasteiger partial charge in [-0.3, -0.25) is 24.0 Å². The molecule has 20 rings (SSSR count). The number of carbonyl (C=O) groups is 5. The van der Waals surface area contributed by atoms with Crippen molar-refractivity contribution < 1.29 is 54.2 Å². The summed E-state index contributed by atoms with van der Waals surface area (Å²) in [7, 11) is 1.62. The van der Waals surface area contributed by atoms with Crippen LogP contribution in [0.5, 0.6) is 5.75 Å². The molecule has 22 nitrogen and oxygen atoms in total. The smallest absolute Gasteiger partial charge is 0.204 e. The van der Waals surface area contributed by atoms with Crippen molar-refractivity contribution in [1.29, 1.82) is 5.26 Å². The van der Waals surface area contributed by atoms with Crippen LogP contribution in [0.4, 0.5) is 56.9 Å². The van der Waals surface area contributed by atoms with Crippen molar-refractivity contribution in [3.8, 4) is 11.8 Å². The Morgan fingerprint density at radius 3 is 1.02 bits per heavy atom. The number of hydrogen-bond donors (Lipinski definition) is 5. The number of amidine groups is 5. The summed E-state index contributed by atoms with van der Waals surface area (Å²) in [5, 5.41) is 66.4. The summed E-state index contributed by atoms with van der Waals surface area (Å²) in [5.74, 6) is 1.29. The summed E-state index contributed by atoms with van der Waals surface area (Å²) in [4.78, 5) is 96.9. The number of nitriles is 1. The molecule has 5 atom stereocenters. The van der Waals surface area contributed by atoms with Crippen LogP contribution in [0.25, 0.3) is 0 Å². The summed E-state index contributed by atoms with van der Waals surface area (Å²) < 4.78 is 5.18. The molecule has 10 heterocycles. The number of benzene rings is 10. The van der Waals surface area contributed by atoms with Crippen molar-refractivity contribution in [3.05, 3.63) is 286 Å². The van der Waals surface area contributed by atoms with E-state index in [9.17, 15) is 49.5 Å². The Hall–Kier alpha value is -11.9. The lowest BCUT2D eigenvalue weighted by molar-refractivity contribution is 0.0600. The Kier molecular flexibility index (Phi) is 21.6. The van der Waals surface area contributed by atoms with Crippen LogP contribution in [0.15, 0.2) is 213 Å². The number of hydrogen-bond acceptors (Lipinski definition) is 22. The van der Waals surface area contributed by atoms with Crippen LogP contribution >= 0.6 is 46.4 Å². The molecule has 0 unspecified atom stereocenters. The second-order valence-corrected chi connectivity index (χ2v) is 33.6. The third-order valence-electron chi connectivity index (χ3n) is 23.9. The second kappa shape index (κ2) is 31.6. The zero-order valence-corrected chi connectivity index (χ0v) is 70.6. The fourth-order valence-electron chi connectivity index (χ4n) is 16.9. The first-order valence-corrected chi connectivity index (χ1v) is 41.0. The van der Waals surface area contributed by atoms with Gasteiger partial charge in [0.2, 0.25) is 28.9 Å². The first-order chi connectivity index (χ1) is 57.7. The van der Waals surface area contributed by atoms with E-state index in [1.807, 2.05) is 215 Å². The number of halogens is 4. The number of nitrogens with zero attached hydrogens (tertiary/aromatic N) is 11. The molecule has 10 aliphatic rings. The van der Waals surface area contributed by atoms with E-state index in [1.54, 1.807) is 66.6 Å². The molecule has 26 heteroatoms. The predicted octanol–water partition coefficient (Wildman–Crippen LogP) is 17.7. The van der Waals surface area contributed by atoms with Crippen LogP contribution in [-0.2, 0) is 0 Å². The summed E-state index contributed by atoms with van der Waals surface area (Å²) >= 11 is 24.5. The quantitative estimate of drug-likeness (QED) is 0.103. The Morgan fingerprint density at radius 2 is 0.661 bits per heavy atom. The molecule has 0 amide bonds. The SMILES string of the molecule is COc1ccc(N2CC[C@@]3(O)C(=O)c4cc(C)ccc4N=C23)cc1.Cc1cc2c(cc1C)C(=O)[C@]1(O)CCN(c3cccc(Cl)c3)C1=N2.Cc1ccc2c(c1)C(=O)[C@]1(O)CCN(c3ccc(C#N)c(Cl)c3)C1=N2.Cc1ccc2c(c1)C(=O)[C@]1(O)CCN(c3ccc(C)c(Cl)c3)C1=N2.Cc1ccc2c(c1)C(=O)[C@]1(O)CCN(c3ccc(Cl)c(C)c3)C1=N2. The van der Waals surface area contributed by atoms with Gasteiger partial charge in [0.25, 0.3) is 0 Å².